The monoisotopic (exact) mass is 786 g/mol. The SMILES string of the molecule is CCN(CC)CC.COP(O)O[C@H]1O[C@H](COC(=O)c2ccccc2)[C@@H](OC(=O)c2ccccc2)[C@H](OC(=O)c2ccccc2)[C@@H]1OC(=O)c1ccccc1.[B]. The summed E-state index contributed by atoms with van der Waals surface area (Å²) in [6.07, 6.45) is -7.80. The highest BCUT2D eigenvalue weighted by molar-refractivity contribution is 7.40. The van der Waals surface area contributed by atoms with Crippen LogP contribution in [-0.4, -0.2) is 106 Å². The number of nitrogens with zero attached hydrogens (tertiary/aromatic N) is 1. The van der Waals surface area contributed by atoms with Crippen LogP contribution in [0.2, 0.25) is 0 Å². The number of rotatable bonds is 15. The Bertz CT molecular complexity index is 1770. The van der Waals surface area contributed by atoms with E-state index in [4.69, 9.17) is 32.7 Å². The Morgan fingerprint density at radius 3 is 1.30 bits per heavy atom. The Labute approximate surface area is 330 Å². The van der Waals surface area contributed by atoms with Gasteiger partial charge < -0.3 is 38.0 Å². The molecule has 5 rings (SSSR count). The number of hydrogen-bond acceptors (Lipinski definition) is 13. The molecule has 15 heteroatoms. The molecule has 0 bridgehead atoms. The molecule has 295 valence electrons. The third-order valence-corrected chi connectivity index (χ3v) is 9.13. The van der Waals surface area contributed by atoms with E-state index in [0.29, 0.717) is 0 Å². The molecule has 0 aromatic heterocycles. The van der Waals surface area contributed by atoms with Crippen LogP contribution in [-0.2, 0) is 32.7 Å². The van der Waals surface area contributed by atoms with Crippen LogP contribution in [0, 0.1) is 0 Å². The molecule has 13 nitrogen and oxygen atoms in total. The summed E-state index contributed by atoms with van der Waals surface area (Å²) in [7, 11) is -1.43. The van der Waals surface area contributed by atoms with Gasteiger partial charge in [0.1, 0.15) is 12.7 Å². The second kappa shape index (κ2) is 23.9. The predicted octanol–water partition coefficient (Wildman–Crippen LogP) is 6.09. The van der Waals surface area contributed by atoms with E-state index in [1.807, 2.05) is 0 Å². The molecule has 0 saturated carbocycles. The lowest BCUT2D eigenvalue weighted by molar-refractivity contribution is -0.276. The molecule has 1 fully saturated rings. The van der Waals surface area contributed by atoms with Crippen molar-refractivity contribution in [1.29, 1.82) is 0 Å². The van der Waals surface area contributed by atoms with Gasteiger partial charge in [0.25, 0.3) is 0 Å². The summed E-state index contributed by atoms with van der Waals surface area (Å²) in [6, 6.07) is 32.0. The lowest BCUT2D eigenvalue weighted by Crippen LogP contribution is -2.63. The number of hydrogen-bond donors (Lipinski definition) is 1. The second-order valence-electron chi connectivity index (χ2n) is 11.9. The van der Waals surface area contributed by atoms with Crippen LogP contribution in [0.15, 0.2) is 121 Å². The molecule has 4 aromatic carbocycles. The summed E-state index contributed by atoms with van der Waals surface area (Å²) in [5, 5.41) is 0. The minimum atomic E-state index is -2.61. The lowest BCUT2D eigenvalue weighted by atomic mass is 9.97. The molecule has 0 aliphatic carbocycles. The van der Waals surface area contributed by atoms with Crippen molar-refractivity contribution in [2.45, 2.75) is 51.5 Å². The standard InChI is InChI=1S/C35H31O12P.C6H15N.B/c1-41-48(40)47-35-30(46-34(39)26-20-12-5-13-21-26)29(45-33(38)25-18-10-4-11-19-25)28(44-32(37)24-16-8-3-9-17-24)27(43-35)22-42-31(36)23-14-6-2-7-15-23;1-4-7(5-2)6-3;/h2-21,27-30,35,40H,22H2,1H3;4-6H2,1-3H3;/t27-,28-,29+,30+,35-,48?;;/m1../s1. The van der Waals surface area contributed by atoms with Crippen LogP contribution in [0.5, 0.6) is 0 Å². The highest BCUT2D eigenvalue weighted by atomic mass is 31.2. The van der Waals surface area contributed by atoms with Crippen LogP contribution in [0.1, 0.15) is 62.2 Å². The maximum Gasteiger partial charge on any atom is 0.338 e. The van der Waals surface area contributed by atoms with Crippen molar-refractivity contribution in [1.82, 2.24) is 4.90 Å². The summed E-state index contributed by atoms with van der Waals surface area (Å²) < 4.78 is 39.8. The molecule has 6 atom stereocenters. The van der Waals surface area contributed by atoms with E-state index in [1.54, 1.807) is 84.9 Å². The van der Waals surface area contributed by atoms with E-state index in [1.165, 1.54) is 63.1 Å². The van der Waals surface area contributed by atoms with Crippen molar-refractivity contribution in [3.8, 4) is 0 Å². The van der Waals surface area contributed by atoms with Crippen LogP contribution >= 0.6 is 8.60 Å². The van der Waals surface area contributed by atoms with Crippen molar-refractivity contribution >= 4 is 40.9 Å². The first-order chi connectivity index (χ1) is 26.7. The van der Waals surface area contributed by atoms with Crippen molar-refractivity contribution < 1.29 is 56.8 Å². The lowest BCUT2D eigenvalue weighted by Gasteiger charge is -2.44. The zero-order valence-corrected chi connectivity index (χ0v) is 32.6. The van der Waals surface area contributed by atoms with E-state index in [2.05, 4.69) is 25.7 Å². The topological polar surface area (TPSA) is 156 Å². The predicted molar refractivity (Wildman–Crippen MR) is 209 cm³/mol. The molecule has 1 heterocycles. The second-order valence-corrected chi connectivity index (χ2v) is 12.9. The molecule has 3 radical (unpaired) electrons. The maximum absolute atomic E-state index is 13.5. The van der Waals surface area contributed by atoms with Gasteiger partial charge >= 0.3 is 32.5 Å². The van der Waals surface area contributed by atoms with E-state index in [0.717, 1.165) is 0 Å². The van der Waals surface area contributed by atoms with Crippen molar-refractivity contribution in [2.24, 2.45) is 0 Å². The van der Waals surface area contributed by atoms with Crippen molar-refractivity contribution in [3.05, 3.63) is 144 Å². The molecule has 0 spiro atoms. The zero-order chi connectivity index (χ0) is 39.6. The third-order valence-electron chi connectivity index (χ3n) is 8.43. The van der Waals surface area contributed by atoms with Gasteiger partial charge in [0, 0.05) is 15.5 Å². The van der Waals surface area contributed by atoms with Crippen LogP contribution in [0.4, 0.5) is 0 Å². The number of benzene rings is 4. The highest BCUT2D eigenvalue weighted by Gasteiger charge is 2.54. The average molecular weight is 787 g/mol. The largest absolute Gasteiger partial charge is 0.459 e. The van der Waals surface area contributed by atoms with E-state index < -0.39 is 69.8 Å². The summed E-state index contributed by atoms with van der Waals surface area (Å²) >= 11 is 0. The van der Waals surface area contributed by atoms with Gasteiger partial charge in [-0.05, 0) is 68.2 Å². The Hall–Kier alpha value is -4.95. The first-order valence-corrected chi connectivity index (χ1v) is 18.9. The quantitative estimate of drug-likeness (QED) is 0.0640. The summed E-state index contributed by atoms with van der Waals surface area (Å²) in [5.74, 6) is -3.28. The third kappa shape index (κ3) is 13.4. The molecular weight excluding hydrogens is 740 g/mol. The van der Waals surface area contributed by atoms with Gasteiger partial charge in [-0.1, -0.05) is 93.6 Å². The van der Waals surface area contributed by atoms with Crippen LogP contribution in [0.3, 0.4) is 0 Å². The normalized spacial score (nSPS) is 19.2. The van der Waals surface area contributed by atoms with E-state index in [9.17, 15) is 24.1 Å². The van der Waals surface area contributed by atoms with E-state index in [-0.39, 0.29) is 30.7 Å². The van der Waals surface area contributed by atoms with E-state index >= 15 is 0 Å². The molecule has 1 aliphatic rings. The number of carbonyl (C=O) groups is 4. The van der Waals surface area contributed by atoms with Crippen LogP contribution < -0.4 is 0 Å². The summed E-state index contributed by atoms with van der Waals surface area (Å²) in [4.78, 5) is 66.0. The van der Waals surface area contributed by atoms with Gasteiger partial charge in [-0.3, -0.25) is 4.52 Å². The summed E-state index contributed by atoms with van der Waals surface area (Å²) in [5.41, 5.74) is 0.661. The molecule has 56 heavy (non-hydrogen) atoms. The molecule has 1 aliphatic heterocycles. The smallest absolute Gasteiger partial charge is 0.338 e. The van der Waals surface area contributed by atoms with Gasteiger partial charge in [0.05, 0.1) is 22.3 Å². The molecule has 1 saturated heterocycles. The van der Waals surface area contributed by atoms with Gasteiger partial charge in [-0.2, -0.15) is 0 Å². The highest BCUT2D eigenvalue weighted by Crippen LogP contribution is 2.40. The fourth-order valence-electron chi connectivity index (χ4n) is 5.41. The number of esters is 4. The van der Waals surface area contributed by atoms with Gasteiger partial charge in [0.15, 0.2) is 18.3 Å². The minimum Gasteiger partial charge on any atom is -0.459 e. The molecule has 1 N–H and O–H groups in total. The molecule has 4 aromatic rings. The first-order valence-electron chi connectivity index (χ1n) is 17.8. The van der Waals surface area contributed by atoms with Crippen molar-refractivity contribution in [2.75, 3.05) is 33.4 Å². The Morgan fingerprint density at radius 1 is 0.589 bits per heavy atom. The van der Waals surface area contributed by atoms with Gasteiger partial charge in [-0.25, -0.2) is 19.2 Å². The Balaban J connectivity index is 0.000000960. The fourth-order valence-corrected chi connectivity index (χ4v) is 5.85. The minimum absolute atomic E-state index is 0. The molecule has 1 unspecified atom stereocenters. The van der Waals surface area contributed by atoms with Gasteiger partial charge in [0.2, 0.25) is 6.29 Å². The Kier molecular flexibility index (Phi) is 19.4. The molecular formula is C41H46BNO12P. The summed E-state index contributed by atoms with van der Waals surface area (Å²) in [6.45, 7) is 9.59. The van der Waals surface area contributed by atoms with Crippen molar-refractivity contribution in [3.63, 3.8) is 0 Å². The zero-order valence-electron chi connectivity index (χ0n) is 31.7. The van der Waals surface area contributed by atoms with Crippen LogP contribution in [0.25, 0.3) is 0 Å². The Morgan fingerprint density at radius 2 is 0.946 bits per heavy atom. The molecule has 0 amide bonds. The van der Waals surface area contributed by atoms with Gasteiger partial charge in [-0.15, -0.1) is 0 Å². The number of ether oxygens (including phenoxy) is 5. The fraction of sp³-hybridized carbons (Fsp3) is 0.317. The number of carbonyl (C=O) groups excluding carboxylic acids is 4. The maximum atomic E-state index is 13.5. The average Bonchev–Trinajstić information content (AvgIpc) is 3.23. The first kappa shape index (κ1) is 45.4.